The van der Waals surface area contributed by atoms with Gasteiger partial charge in [-0.25, -0.2) is 14.2 Å². The SMILES string of the molecule is CCCC[C@H](Nc1nc(Nc2ccc3cnn(C)c3c2)c(C(N)=O)cc1F)[C@H](C)NC(=O)O. The molecular weight excluding hydrogens is 429 g/mol. The molecule has 0 saturated heterocycles. The fraction of sp³-hybridized carbons (Fsp3) is 0.364. The number of pyridine rings is 1. The van der Waals surface area contributed by atoms with Crippen molar-refractivity contribution in [3.63, 3.8) is 0 Å². The van der Waals surface area contributed by atoms with Crippen LogP contribution in [0.2, 0.25) is 0 Å². The number of hydrogen-bond acceptors (Lipinski definition) is 6. The second-order valence-electron chi connectivity index (χ2n) is 7.88. The van der Waals surface area contributed by atoms with Gasteiger partial charge in [-0.3, -0.25) is 9.48 Å². The van der Waals surface area contributed by atoms with Crippen molar-refractivity contribution in [3.8, 4) is 0 Å². The minimum atomic E-state index is -1.17. The first-order valence-electron chi connectivity index (χ1n) is 10.6. The molecule has 2 atom stereocenters. The number of anilines is 3. The standard InChI is InChI=1S/C22H28FN7O3/c1-4-5-6-17(12(2)26-22(32)33)28-21-16(23)10-15(19(24)31)20(29-21)27-14-8-7-13-11-25-30(3)18(13)9-14/h7-12,17,26H,4-6H2,1-3H3,(H2,24,31)(H,32,33)(H2,27,28,29)/t12-,17-/m0/s1. The first-order valence-corrected chi connectivity index (χ1v) is 10.6. The van der Waals surface area contributed by atoms with E-state index in [1.165, 1.54) is 0 Å². The Balaban J connectivity index is 1.95. The van der Waals surface area contributed by atoms with Crippen LogP contribution < -0.4 is 21.7 Å². The molecule has 0 unspecified atom stereocenters. The van der Waals surface area contributed by atoms with Crippen molar-refractivity contribution in [1.82, 2.24) is 20.1 Å². The molecule has 10 nitrogen and oxygen atoms in total. The van der Waals surface area contributed by atoms with E-state index in [0.717, 1.165) is 29.8 Å². The van der Waals surface area contributed by atoms with Crippen LogP contribution in [0.3, 0.4) is 0 Å². The predicted molar refractivity (Wildman–Crippen MR) is 124 cm³/mol. The first-order chi connectivity index (χ1) is 15.7. The molecule has 2 aromatic heterocycles. The van der Waals surface area contributed by atoms with Crippen molar-refractivity contribution in [2.45, 2.75) is 45.2 Å². The number of aryl methyl sites for hydroxylation is 1. The lowest BCUT2D eigenvalue weighted by Gasteiger charge is -2.26. The van der Waals surface area contributed by atoms with Crippen LogP contribution in [0.1, 0.15) is 43.5 Å². The number of nitrogens with one attached hydrogen (secondary N) is 3. The van der Waals surface area contributed by atoms with Gasteiger partial charge in [-0.2, -0.15) is 5.10 Å². The molecule has 0 fully saturated rings. The Morgan fingerprint density at radius 1 is 1.27 bits per heavy atom. The van der Waals surface area contributed by atoms with Gasteiger partial charge in [-0.15, -0.1) is 0 Å². The Labute approximate surface area is 190 Å². The lowest BCUT2D eigenvalue weighted by atomic mass is 10.0. The number of rotatable bonds is 10. The number of nitrogens with zero attached hydrogens (tertiary/aromatic N) is 3. The van der Waals surface area contributed by atoms with Crippen LogP contribution in [0.5, 0.6) is 0 Å². The van der Waals surface area contributed by atoms with Gasteiger partial charge in [0.25, 0.3) is 5.91 Å². The van der Waals surface area contributed by atoms with Gasteiger partial charge in [-0.05, 0) is 37.6 Å². The van der Waals surface area contributed by atoms with E-state index in [1.807, 2.05) is 26.1 Å². The van der Waals surface area contributed by atoms with Crippen LogP contribution >= 0.6 is 0 Å². The van der Waals surface area contributed by atoms with Gasteiger partial charge >= 0.3 is 6.09 Å². The van der Waals surface area contributed by atoms with E-state index in [9.17, 15) is 14.0 Å². The minimum Gasteiger partial charge on any atom is -0.465 e. The summed E-state index contributed by atoms with van der Waals surface area (Å²) in [7, 11) is 1.81. The number of fused-ring (bicyclic) bond motifs is 1. The summed E-state index contributed by atoms with van der Waals surface area (Å²) >= 11 is 0. The summed E-state index contributed by atoms with van der Waals surface area (Å²) in [6, 6.07) is 5.58. The summed E-state index contributed by atoms with van der Waals surface area (Å²) in [5, 5.41) is 22.6. The molecule has 3 rings (SSSR count). The summed E-state index contributed by atoms with van der Waals surface area (Å²) in [6.45, 7) is 3.70. The molecule has 2 amide bonds. The van der Waals surface area contributed by atoms with Crippen molar-refractivity contribution >= 4 is 40.2 Å². The summed E-state index contributed by atoms with van der Waals surface area (Å²) in [5.41, 5.74) is 6.82. The zero-order valence-corrected chi connectivity index (χ0v) is 18.7. The molecular formula is C22H28FN7O3. The maximum absolute atomic E-state index is 14.8. The highest BCUT2D eigenvalue weighted by Crippen LogP contribution is 2.27. The van der Waals surface area contributed by atoms with Crippen LogP contribution in [-0.2, 0) is 7.05 Å². The molecule has 0 radical (unpaired) electrons. The molecule has 11 heteroatoms. The van der Waals surface area contributed by atoms with E-state index >= 15 is 0 Å². The molecule has 3 aromatic rings. The molecule has 0 aliphatic heterocycles. The Morgan fingerprint density at radius 2 is 2.03 bits per heavy atom. The molecule has 1 aromatic carbocycles. The second kappa shape index (κ2) is 10.2. The summed E-state index contributed by atoms with van der Waals surface area (Å²) < 4.78 is 16.6. The van der Waals surface area contributed by atoms with Crippen molar-refractivity contribution in [3.05, 3.63) is 41.8 Å². The largest absolute Gasteiger partial charge is 0.465 e. The van der Waals surface area contributed by atoms with Gasteiger partial charge in [-0.1, -0.05) is 19.8 Å². The quantitative estimate of drug-likeness (QED) is 0.313. The third-order valence-electron chi connectivity index (χ3n) is 5.40. The van der Waals surface area contributed by atoms with Crippen molar-refractivity contribution in [2.75, 3.05) is 10.6 Å². The van der Waals surface area contributed by atoms with Gasteiger partial charge < -0.3 is 26.8 Å². The number of halogens is 1. The van der Waals surface area contributed by atoms with Crippen molar-refractivity contribution < 1.29 is 19.1 Å². The molecule has 176 valence electrons. The number of benzene rings is 1. The third-order valence-corrected chi connectivity index (χ3v) is 5.40. The lowest BCUT2D eigenvalue weighted by Crippen LogP contribution is -2.44. The number of carbonyl (C=O) groups is 2. The first kappa shape index (κ1) is 23.8. The molecule has 0 bridgehead atoms. The van der Waals surface area contributed by atoms with Gasteiger partial charge in [0.15, 0.2) is 11.6 Å². The van der Waals surface area contributed by atoms with Crippen LogP contribution in [0.15, 0.2) is 30.5 Å². The number of carboxylic acid groups (broad SMARTS) is 1. The van der Waals surface area contributed by atoms with Crippen LogP contribution in [0, 0.1) is 5.82 Å². The highest BCUT2D eigenvalue weighted by Gasteiger charge is 2.23. The zero-order chi connectivity index (χ0) is 24.1. The monoisotopic (exact) mass is 457 g/mol. The lowest BCUT2D eigenvalue weighted by molar-refractivity contribution is 0.100. The Bertz CT molecular complexity index is 1160. The number of carbonyl (C=O) groups excluding carboxylic acids is 1. The normalized spacial score (nSPS) is 12.8. The van der Waals surface area contributed by atoms with Crippen LogP contribution in [0.25, 0.3) is 10.9 Å². The number of aromatic nitrogens is 3. The Morgan fingerprint density at radius 3 is 2.70 bits per heavy atom. The number of amides is 2. The van der Waals surface area contributed by atoms with Crippen LogP contribution in [-0.4, -0.2) is 44.0 Å². The predicted octanol–water partition coefficient (Wildman–Crippen LogP) is 3.58. The summed E-state index contributed by atoms with van der Waals surface area (Å²) in [6.07, 6.45) is 2.85. The van der Waals surface area contributed by atoms with Crippen LogP contribution in [0.4, 0.5) is 26.5 Å². The number of nitrogens with two attached hydrogens (primary N) is 1. The van der Waals surface area contributed by atoms with E-state index in [1.54, 1.807) is 23.9 Å². The topological polar surface area (TPSA) is 147 Å². The van der Waals surface area contributed by atoms with E-state index in [2.05, 4.69) is 26.0 Å². The molecule has 2 heterocycles. The number of primary amides is 1. The van der Waals surface area contributed by atoms with Gasteiger partial charge in [0.05, 0.1) is 17.3 Å². The molecule has 6 N–H and O–H groups in total. The van der Waals surface area contributed by atoms with E-state index in [4.69, 9.17) is 10.8 Å². The number of unbranched alkanes of at least 4 members (excludes halogenated alkanes) is 1. The molecule has 0 aliphatic rings. The molecule has 0 spiro atoms. The molecule has 0 saturated carbocycles. The Kier molecular flexibility index (Phi) is 7.31. The molecule has 0 aliphatic carbocycles. The smallest absolute Gasteiger partial charge is 0.404 e. The maximum atomic E-state index is 14.8. The Hall–Kier alpha value is -3.89. The van der Waals surface area contributed by atoms with E-state index in [0.29, 0.717) is 12.1 Å². The highest BCUT2D eigenvalue weighted by atomic mass is 19.1. The van der Waals surface area contributed by atoms with Gasteiger partial charge in [0, 0.05) is 30.2 Å². The fourth-order valence-electron chi connectivity index (χ4n) is 3.57. The maximum Gasteiger partial charge on any atom is 0.404 e. The zero-order valence-electron chi connectivity index (χ0n) is 18.7. The average Bonchev–Trinajstić information content (AvgIpc) is 3.12. The van der Waals surface area contributed by atoms with E-state index < -0.39 is 29.9 Å². The highest BCUT2D eigenvalue weighted by molar-refractivity contribution is 5.99. The fourth-order valence-corrected chi connectivity index (χ4v) is 3.57. The summed E-state index contributed by atoms with van der Waals surface area (Å²) in [5.74, 6) is -1.62. The second-order valence-corrected chi connectivity index (χ2v) is 7.88. The average molecular weight is 458 g/mol. The van der Waals surface area contributed by atoms with Gasteiger partial charge in [0.2, 0.25) is 0 Å². The van der Waals surface area contributed by atoms with Gasteiger partial charge in [0.1, 0.15) is 5.82 Å². The summed E-state index contributed by atoms with van der Waals surface area (Å²) in [4.78, 5) is 27.3. The van der Waals surface area contributed by atoms with Crippen molar-refractivity contribution in [1.29, 1.82) is 0 Å². The molecule has 33 heavy (non-hydrogen) atoms. The van der Waals surface area contributed by atoms with E-state index in [-0.39, 0.29) is 17.2 Å². The third kappa shape index (κ3) is 5.68. The van der Waals surface area contributed by atoms with Crippen molar-refractivity contribution in [2.24, 2.45) is 12.8 Å². The number of hydrogen-bond donors (Lipinski definition) is 5. The minimum absolute atomic E-state index is 0.0843.